The number of aliphatic hydroxyl groups excluding tert-OH is 3. The van der Waals surface area contributed by atoms with Gasteiger partial charge in [-0.1, -0.05) is 71.1 Å². The first-order valence-corrected chi connectivity index (χ1v) is 25.9. The number of esters is 1. The Morgan fingerprint density at radius 2 is 1.60 bits per heavy atom. The number of carbonyl (C=O) groups excluding carboxylic acids is 5. The van der Waals surface area contributed by atoms with E-state index in [-0.39, 0.29) is 67.8 Å². The van der Waals surface area contributed by atoms with Gasteiger partial charge in [0.1, 0.15) is 30.1 Å². The highest BCUT2D eigenvalue weighted by molar-refractivity contribution is 6.39. The fourth-order valence-electron chi connectivity index (χ4n) is 10.7. The molecule has 4 N–H and O–H groups in total. The molecule has 4 aliphatic rings. The quantitative estimate of drug-likeness (QED) is 0.107. The number of amides is 1. The van der Waals surface area contributed by atoms with E-state index < -0.39 is 89.5 Å². The van der Waals surface area contributed by atoms with Crippen LogP contribution in [-0.4, -0.2) is 142 Å². The molecule has 2 saturated heterocycles. The molecule has 0 spiro atoms. The van der Waals surface area contributed by atoms with Gasteiger partial charge in [0.15, 0.2) is 5.78 Å². The van der Waals surface area contributed by atoms with Gasteiger partial charge in [-0.15, -0.1) is 0 Å². The minimum atomic E-state index is -2.49. The fourth-order valence-corrected chi connectivity index (χ4v) is 10.7. The molecule has 1 aliphatic carbocycles. The van der Waals surface area contributed by atoms with Crippen LogP contribution >= 0.6 is 0 Å². The number of methoxy groups -OCH3 is 2. The molecular weight excluding hydrogens is 899 g/mol. The Morgan fingerprint density at radius 3 is 2.27 bits per heavy atom. The molecule has 2 bridgehead atoms. The second-order valence-corrected chi connectivity index (χ2v) is 21.7. The van der Waals surface area contributed by atoms with Crippen LogP contribution in [0.2, 0.25) is 0 Å². The standard InChI is InChI=1S/C55H87NO14/c1-33-17-13-12-14-18-34(2)46(70-54(8,9)24-26-57)31-41-22-20-39(7)55(65,69-41)51(62)52(63)56-25-16-15-19-42(56)53(64)68-45(36(4)29-40-21-23-43(58)47(30-40)66-10)32-44(59)35(3)28-38(6)49(61)50(67-11)48(60)37(5)27-33/h12-14,17-18,28,33,35-37,39-43,45-47,49-50,57-58,61,65H,15-16,19-27,29-32H2,1-11H3/b14-12+,17-13+,34-18+,38-28+/t33-,35-,36-,37-,39-,40+,41+,42+,43-,45+,46-,47-,49-,50+,55-/m1/s1. The molecule has 15 heteroatoms. The predicted molar refractivity (Wildman–Crippen MR) is 265 cm³/mol. The van der Waals surface area contributed by atoms with Crippen molar-refractivity contribution in [1.82, 2.24) is 4.90 Å². The van der Waals surface area contributed by atoms with E-state index in [1.165, 1.54) is 12.0 Å². The second kappa shape index (κ2) is 27.0. The fraction of sp³-hybridized carbons (Fsp3) is 0.764. The zero-order chi connectivity index (χ0) is 52.1. The Morgan fingerprint density at radius 1 is 0.886 bits per heavy atom. The maximum atomic E-state index is 14.5. The topological polar surface area (TPSA) is 216 Å². The number of ether oxygens (including phenoxy) is 5. The Hall–Kier alpha value is -3.41. The first-order chi connectivity index (χ1) is 33.0. The summed E-state index contributed by atoms with van der Waals surface area (Å²) in [7, 11) is 2.94. The van der Waals surface area contributed by atoms with Crippen molar-refractivity contribution in [2.24, 2.45) is 35.5 Å². The van der Waals surface area contributed by atoms with Crippen LogP contribution in [0.15, 0.2) is 47.6 Å². The molecule has 0 aromatic heterocycles. The van der Waals surface area contributed by atoms with E-state index in [0.29, 0.717) is 69.8 Å². The monoisotopic (exact) mass is 986 g/mol. The summed E-state index contributed by atoms with van der Waals surface area (Å²) in [4.78, 5) is 72.4. The summed E-state index contributed by atoms with van der Waals surface area (Å²) in [5, 5.41) is 44.0. The summed E-state index contributed by atoms with van der Waals surface area (Å²) < 4.78 is 30.3. The molecule has 3 fully saturated rings. The molecule has 3 aliphatic heterocycles. The minimum absolute atomic E-state index is 0.0144. The first kappa shape index (κ1) is 59.2. The molecular formula is C55H87NO14. The average molecular weight is 986 g/mol. The molecule has 1 saturated carbocycles. The molecule has 15 atom stereocenters. The van der Waals surface area contributed by atoms with Crippen LogP contribution in [0.3, 0.4) is 0 Å². The van der Waals surface area contributed by atoms with E-state index in [2.05, 4.69) is 0 Å². The smallest absolute Gasteiger partial charge is 0.329 e. The molecule has 0 unspecified atom stereocenters. The van der Waals surface area contributed by atoms with Crippen LogP contribution in [0, 0.1) is 35.5 Å². The highest BCUT2D eigenvalue weighted by Crippen LogP contribution is 2.38. The lowest BCUT2D eigenvalue weighted by Gasteiger charge is -2.43. The number of cyclic esters (lactones) is 1. The summed E-state index contributed by atoms with van der Waals surface area (Å²) in [6, 6.07) is -1.17. The van der Waals surface area contributed by atoms with Gasteiger partial charge in [0.2, 0.25) is 5.79 Å². The van der Waals surface area contributed by atoms with Crippen molar-refractivity contribution in [3.63, 3.8) is 0 Å². The zero-order valence-electron chi connectivity index (χ0n) is 44.0. The van der Waals surface area contributed by atoms with Crippen molar-refractivity contribution in [3.8, 4) is 0 Å². The van der Waals surface area contributed by atoms with E-state index in [1.54, 1.807) is 40.9 Å². The summed E-state index contributed by atoms with van der Waals surface area (Å²) in [5.74, 6) is -8.27. The maximum absolute atomic E-state index is 14.5. The van der Waals surface area contributed by atoms with Crippen molar-refractivity contribution in [1.29, 1.82) is 0 Å². The zero-order valence-corrected chi connectivity index (χ0v) is 44.0. The highest BCUT2D eigenvalue weighted by Gasteiger charge is 2.53. The summed E-state index contributed by atoms with van der Waals surface area (Å²) >= 11 is 0. The Kier molecular flexibility index (Phi) is 22.9. The van der Waals surface area contributed by atoms with E-state index in [0.717, 1.165) is 5.57 Å². The third kappa shape index (κ3) is 16.0. The van der Waals surface area contributed by atoms with E-state index in [1.807, 2.05) is 65.0 Å². The number of carbonyl (C=O) groups is 5. The van der Waals surface area contributed by atoms with Gasteiger partial charge in [-0.3, -0.25) is 19.2 Å². The number of aliphatic hydroxyl groups is 4. The van der Waals surface area contributed by atoms with Gasteiger partial charge in [-0.05, 0) is 127 Å². The summed E-state index contributed by atoms with van der Waals surface area (Å²) in [6.45, 7) is 16.3. The largest absolute Gasteiger partial charge is 0.460 e. The van der Waals surface area contributed by atoms with Crippen LogP contribution in [0.4, 0.5) is 0 Å². The Balaban J connectivity index is 1.74. The van der Waals surface area contributed by atoms with Crippen LogP contribution in [0.1, 0.15) is 146 Å². The van der Waals surface area contributed by atoms with E-state index in [4.69, 9.17) is 23.7 Å². The molecule has 396 valence electrons. The number of hydrogen-bond donors (Lipinski definition) is 4. The molecule has 3 heterocycles. The number of nitrogens with zero attached hydrogens (tertiary/aromatic N) is 1. The third-order valence-corrected chi connectivity index (χ3v) is 15.4. The lowest BCUT2D eigenvalue weighted by molar-refractivity contribution is -0.267. The first-order valence-electron chi connectivity index (χ1n) is 25.9. The summed E-state index contributed by atoms with van der Waals surface area (Å²) in [5.41, 5.74) is 0.452. The van der Waals surface area contributed by atoms with Gasteiger partial charge in [0.25, 0.3) is 11.7 Å². The van der Waals surface area contributed by atoms with Gasteiger partial charge >= 0.3 is 5.97 Å². The van der Waals surface area contributed by atoms with Gasteiger partial charge < -0.3 is 49.0 Å². The lowest BCUT2D eigenvalue weighted by atomic mass is 9.78. The highest BCUT2D eigenvalue weighted by atomic mass is 16.6. The number of hydrogen-bond acceptors (Lipinski definition) is 14. The van der Waals surface area contributed by atoms with Crippen LogP contribution in [0.25, 0.3) is 0 Å². The number of piperidine rings is 1. The Labute approximate surface area is 417 Å². The van der Waals surface area contributed by atoms with Gasteiger partial charge in [0.05, 0.1) is 30.0 Å². The average Bonchev–Trinajstić information content (AvgIpc) is 3.31. The van der Waals surface area contributed by atoms with Gasteiger partial charge in [-0.25, -0.2) is 4.79 Å². The van der Waals surface area contributed by atoms with Crippen molar-refractivity contribution < 1.29 is 68.1 Å². The van der Waals surface area contributed by atoms with Crippen LogP contribution in [-0.2, 0) is 47.7 Å². The number of rotatable bonds is 9. The number of Topliss-reactive ketones (excluding diaryl/α,β-unsaturated/α-hetero) is 3. The molecule has 1 amide bonds. The van der Waals surface area contributed by atoms with E-state index >= 15 is 0 Å². The van der Waals surface area contributed by atoms with Crippen molar-refractivity contribution in [3.05, 3.63) is 47.6 Å². The van der Waals surface area contributed by atoms with Crippen molar-refractivity contribution in [2.45, 2.75) is 206 Å². The number of ketones is 3. The van der Waals surface area contributed by atoms with E-state index in [9.17, 15) is 44.4 Å². The SMILES string of the molecule is CO[C@@H]1C[C@H](C[C@@H](C)[C@@H]2CC(=O)[C@H](C)/C=C(\C)[C@@H](O)[C@@H](OC)C(=O)[C@H](C)C[C@H](C)/C=C/C=C/C=C(\C)[C@H](OC(C)(C)CCO)C[C@@H]3CC[C@@H](C)[C@@](O)(O3)C(=O)C(=O)N3CCCC[C@H]3C(=O)O2)CC[C@H]1O. The molecule has 15 nitrogen and oxygen atoms in total. The molecule has 0 aromatic rings. The molecule has 0 aromatic carbocycles. The normalized spacial score (nSPS) is 38.6. The lowest BCUT2D eigenvalue weighted by Crippen LogP contribution is -2.61. The molecule has 4 rings (SSSR count). The number of allylic oxidation sites excluding steroid dienone is 6. The van der Waals surface area contributed by atoms with Gasteiger partial charge in [0, 0.05) is 58.0 Å². The molecule has 70 heavy (non-hydrogen) atoms. The minimum Gasteiger partial charge on any atom is -0.460 e. The third-order valence-electron chi connectivity index (χ3n) is 15.4. The second-order valence-electron chi connectivity index (χ2n) is 21.7. The Bertz CT molecular complexity index is 1890. The van der Waals surface area contributed by atoms with Crippen LogP contribution in [0.5, 0.6) is 0 Å². The number of fused-ring (bicyclic) bond motifs is 3. The summed E-state index contributed by atoms with van der Waals surface area (Å²) in [6.07, 6.45) is 10.8. The van der Waals surface area contributed by atoms with Gasteiger partial charge in [-0.2, -0.15) is 0 Å². The van der Waals surface area contributed by atoms with Crippen molar-refractivity contribution in [2.75, 3.05) is 27.4 Å². The molecule has 0 radical (unpaired) electrons. The predicted octanol–water partition coefficient (Wildman–Crippen LogP) is 6.71. The van der Waals surface area contributed by atoms with Crippen molar-refractivity contribution >= 4 is 29.2 Å². The van der Waals surface area contributed by atoms with Crippen LogP contribution < -0.4 is 0 Å². The maximum Gasteiger partial charge on any atom is 0.329 e.